The van der Waals surface area contributed by atoms with Gasteiger partial charge in [-0.3, -0.25) is 4.79 Å². The summed E-state index contributed by atoms with van der Waals surface area (Å²) in [5.74, 6) is -1.99. The first-order valence-corrected chi connectivity index (χ1v) is 15.1. The summed E-state index contributed by atoms with van der Waals surface area (Å²) in [5, 5.41) is 0.0831. The van der Waals surface area contributed by atoms with Crippen molar-refractivity contribution in [2.75, 3.05) is 13.2 Å². The van der Waals surface area contributed by atoms with Crippen LogP contribution in [0.4, 0.5) is 8.78 Å². The Balaban J connectivity index is 2.09. The number of benzene rings is 2. The van der Waals surface area contributed by atoms with E-state index in [1.165, 1.54) is 30.5 Å². The lowest BCUT2D eigenvalue weighted by Crippen LogP contribution is -2.41. The van der Waals surface area contributed by atoms with E-state index in [1.54, 1.807) is 17.6 Å². The molecule has 3 aromatic rings. The van der Waals surface area contributed by atoms with E-state index in [0.29, 0.717) is 18.7 Å². The Labute approximate surface area is 216 Å². The molecular formula is C27H32ClF2NO4Si. The summed E-state index contributed by atoms with van der Waals surface area (Å²) in [5.41, 5.74) is -0.0862. The molecule has 5 nitrogen and oxygen atoms in total. The molecule has 0 spiro atoms. The zero-order valence-electron chi connectivity index (χ0n) is 21.5. The van der Waals surface area contributed by atoms with Gasteiger partial charge in [-0.25, -0.2) is 13.6 Å². The van der Waals surface area contributed by atoms with Crippen LogP contribution in [0, 0.1) is 11.6 Å². The van der Waals surface area contributed by atoms with Crippen molar-refractivity contribution in [3.05, 3.63) is 80.1 Å². The van der Waals surface area contributed by atoms with E-state index in [2.05, 4.69) is 33.9 Å². The van der Waals surface area contributed by atoms with Crippen molar-refractivity contribution in [3.63, 3.8) is 0 Å². The highest BCUT2D eigenvalue weighted by Crippen LogP contribution is 2.36. The van der Waals surface area contributed by atoms with E-state index in [-0.39, 0.29) is 45.2 Å². The van der Waals surface area contributed by atoms with Gasteiger partial charge in [-0.2, -0.15) is 0 Å². The van der Waals surface area contributed by atoms with Crippen LogP contribution >= 0.6 is 11.6 Å². The van der Waals surface area contributed by atoms with Gasteiger partial charge in [-0.1, -0.05) is 44.5 Å². The lowest BCUT2D eigenvalue weighted by molar-refractivity contribution is 0.0524. The predicted octanol–water partition coefficient (Wildman–Crippen LogP) is 6.72. The van der Waals surface area contributed by atoms with Gasteiger partial charge in [0.15, 0.2) is 8.32 Å². The third-order valence-electron chi connectivity index (χ3n) is 6.76. The molecule has 0 atom stereocenters. The van der Waals surface area contributed by atoms with Crippen LogP contribution in [0.25, 0.3) is 10.9 Å². The van der Waals surface area contributed by atoms with E-state index in [0.717, 1.165) is 0 Å². The average molecular weight is 536 g/mol. The molecule has 36 heavy (non-hydrogen) atoms. The Kier molecular flexibility index (Phi) is 8.43. The summed E-state index contributed by atoms with van der Waals surface area (Å²) in [6, 6.07) is 7.12. The van der Waals surface area contributed by atoms with Gasteiger partial charge in [0.2, 0.25) is 5.43 Å². The van der Waals surface area contributed by atoms with E-state index in [1.807, 2.05) is 0 Å². The molecule has 0 aliphatic heterocycles. The maximum Gasteiger partial charge on any atom is 0.343 e. The van der Waals surface area contributed by atoms with Gasteiger partial charge < -0.3 is 13.7 Å². The summed E-state index contributed by atoms with van der Waals surface area (Å²) in [6.07, 6.45) is 1.29. The Bertz CT molecular complexity index is 1350. The standard InChI is InChI=1S/C27H32ClF2NO4Si/c1-7-34-26(33)20-16-31(11-12-35-36(5,6)27(2,3)4)23-15-22(29)18(14-19(23)25(20)32)13-17-9-8-10-21(28)24(17)30/h8-10,14-16H,7,11-13H2,1-6H3. The zero-order chi connectivity index (χ0) is 26.8. The van der Waals surface area contributed by atoms with Crippen LogP contribution in [0.3, 0.4) is 0 Å². The number of nitrogens with zero attached hydrogens (tertiary/aromatic N) is 1. The number of carbonyl (C=O) groups is 1. The maximum atomic E-state index is 15.2. The fourth-order valence-electron chi connectivity index (χ4n) is 3.64. The number of fused-ring (bicyclic) bond motifs is 1. The number of rotatable bonds is 8. The number of halogens is 3. The smallest absolute Gasteiger partial charge is 0.343 e. The van der Waals surface area contributed by atoms with Crippen molar-refractivity contribution < 1.29 is 22.7 Å². The molecule has 1 aromatic heterocycles. The topological polar surface area (TPSA) is 57.5 Å². The molecule has 0 fully saturated rings. The van der Waals surface area contributed by atoms with Gasteiger partial charge in [-0.15, -0.1) is 0 Å². The highest BCUT2D eigenvalue weighted by atomic mass is 35.5. The second kappa shape index (κ2) is 10.8. The fourth-order valence-corrected chi connectivity index (χ4v) is 4.87. The Morgan fingerprint density at radius 2 is 1.83 bits per heavy atom. The van der Waals surface area contributed by atoms with Gasteiger partial charge >= 0.3 is 5.97 Å². The molecule has 1 heterocycles. The van der Waals surface area contributed by atoms with E-state index in [4.69, 9.17) is 20.8 Å². The molecule has 0 bridgehead atoms. The van der Waals surface area contributed by atoms with Gasteiger partial charge in [0.1, 0.15) is 17.2 Å². The Hall–Kier alpha value is -2.55. The van der Waals surface area contributed by atoms with Crippen LogP contribution in [0.1, 0.15) is 49.2 Å². The first-order valence-electron chi connectivity index (χ1n) is 11.9. The molecule has 194 valence electrons. The second-order valence-corrected chi connectivity index (χ2v) is 15.5. The molecule has 2 aromatic carbocycles. The molecule has 0 aliphatic carbocycles. The van der Waals surface area contributed by atoms with Crippen LogP contribution in [0.15, 0.2) is 41.3 Å². The van der Waals surface area contributed by atoms with Crippen molar-refractivity contribution in [2.45, 2.75) is 58.8 Å². The van der Waals surface area contributed by atoms with Crippen LogP contribution in [-0.4, -0.2) is 32.1 Å². The third kappa shape index (κ3) is 5.87. The van der Waals surface area contributed by atoms with Crippen LogP contribution in [0.5, 0.6) is 0 Å². The largest absolute Gasteiger partial charge is 0.462 e. The minimum atomic E-state index is -2.05. The normalized spacial score (nSPS) is 12.2. The number of esters is 1. The molecule has 0 N–H and O–H groups in total. The first-order chi connectivity index (χ1) is 16.8. The molecule has 0 saturated heterocycles. The number of pyridine rings is 1. The highest BCUT2D eigenvalue weighted by molar-refractivity contribution is 6.74. The van der Waals surface area contributed by atoms with Crippen LogP contribution in [-0.2, 0) is 22.1 Å². The highest BCUT2D eigenvalue weighted by Gasteiger charge is 2.37. The summed E-state index contributed by atoms with van der Waals surface area (Å²) < 4.78 is 42.6. The van der Waals surface area contributed by atoms with Gasteiger partial charge in [0.25, 0.3) is 0 Å². The monoisotopic (exact) mass is 535 g/mol. The summed E-state index contributed by atoms with van der Waals surface area (Å²) >= 11 is 5.87. The van der Waals surface area contributed by atoms with E-state index >= 15 is 4.39 Å². The van der Waals surface area contributed by atoms with Crippen molar-refractivity contribution in [1.29, 1.82) is 0 Å². The number of aromatic nitrogens is 1. The van der Waals surface area contributed by atoms with E-state index in [9.17, 15) is 14.0 Å². The predicted molar refractivity (Wildman–Crippen MR) is 141 cm³/mol. The molecular weight excluding hydrogens is 504 g/mol. The summed E-state index contributed by atoms with van der Waals surface area (Å²) in [4.78, 5) is 25.8. The average Bonchev–Trinajstić information content (AvgIpc) is 2.78. The van der Waals surface area contributed by atoms with E-state index < -0.39 is 31.3 Å². The molecule has 0 unspecified atom stereocenters. The quantitative estimate of drug-likeness (QED) is 0.237. The van der Waals surface area contributed by atoms with Gasteiger partial charge in [0, 0.05) is 24.5 Å². The van der Waals surface area contributed by atoms with Crippen molar-refractivity contribution in [1.82, 2.24) is 4.57 Å². The fraction of sp³-hybridized carbons (Fsp3) is 0.407. The number of ether oxygens (including phenoxy) is 1. The molecule has 9 heteroatoms. The second-order valence-electron chi connectivity index (χ2n) is 10.2. The zero-order valence-corrected chi connectivity index (χ0v) is 23.3. The van der Waals surface area contributed by atoms with Crippen molar-refractivity contribution in [2.24, 2.45) is 0 Å². The Morgan fingerprint density at radius 1 is 1.14 bits per heavy atom. The van der Waals surface area contributed by atoms with Crippen molar-refractivity contribution in [3.8, 4) is 0 Å². The third-order valence-corrected chi connectivity index (χ3v) is 11.6. The number of hydrogen-bond donors (Lipinski definition) is 0. The number of hydrogen-bond acceptors (Lipinski definition) is 4. The van der Waals surface area contributed by atoms with Crippen LogP contribution < -0.4 is 5.43 Å². The lowest BCUT2D eigenvalue weighted by Gasteiger charge is -2.36. The molecule has 0 aliphatic rings. The molecule has 3 rings (SSSR count). The summed E-state index contributed by atoms with van der Waals surface area (Å²) in [6.45, 7) is 13.0. The lowest BCUT2D eigenvalue weighted by atomic mass is 10.0. The van der Waals surface area contributed by atoms with Crippen molar-refractivity contribution >= 4 is 36.8 Å². The van der Waals surface area contributed by atoms with Crippen LogP contribution in [0.2, 0.25) is 23.2 Å². The SMILES string of the molecule is CCOC(=O)c1cn(CCO[Si](C)(C)C(C)(C)C)c2cc(F)c(Cc3cccc(Cl)c3F)cc2c1=O. The minimum Gasteiger partial charge on any atom is -0.462 e. The van der Waals surface area contributed by atoms with Gasteiger partial charge in [-0.05, 0) is 54.4 Å². The summed E-state index contributed by atoms with van der Waals surface area (Å²) in [7, 11) is -2.05. The first kappa shape index (κ1) is 28.0. The molecule has 0 saturated carbocycles. The molecule has 0 amide bonds. The van der Waals surface area contributed by atoms with Gasteiger partial charge in [0.05, 0.1) is 23.8 Å². The maximum absolute atomic E-state index is 15.2. The minimum absolute atomic E-state index is 0.00528. The number of carbonyl (C=O) groups excluding carboxylic acids is 1. The Morgan fingerprint density at radius 3 is 2.47 bits per heavy atom. The molecule has 0 radical (unpaired) electrons.